The van der Waals surface area contributed by atoms with Crippen LogP contribution in [-0.2, 0) is 4.79 Å². The number of rotatable bonds is 3. The molecule has 0 aliphatic carbocycles. The Balaban J connectivity index is 2.74. The summed E-state index contributed by atoms with van der Waals surface area (Å²) in [5.74, 6) is -0.971. The van der Waals surface area contributed by atoms with Gasteiger partial charge in [0.2, 0.25) is 5.91 Å². The van der Waals surface area contributed by atoms with Crippen molar-refractivity contribution >= 4 is 23.2 Å². The third kappa shape index (κ3) is 3.79. The number of nitrogens with one attached hydrogen (secondary N) is 1. The highest BCUT2D eigenvalue weighted by atomic mass is 35.5. The Morgan fingerprint density at radius 3 is 2.75 bits per heavy atom. The van der Waals surface area contributed by atoms with Gasteiger partial charge < -0.3 is 11.1 Å². The molecule has 1 rings (SSSR count). The van der Waals surface area contributed by atoms with Crippen molar-refractivity contribution in [3.8, 4) is 0 Å². The zero-order valence-corrected chi connectivity index (χ0v) is 9.94. The largest absolute Gasteiger partial charge is 0.325 e. The van der Waals surface area contributed by atoms with Gasteiger partial charge in [-0.3, -0.25) is 4.79 Å². The molecule has 1 aromatic carbocycles. The minimum atomic E-state index is -0.632. The highest BCUT2D eigenvalue weighted by molar-refractivity contribution is 6.31. The van der Waals surface area contributed by atoms with E-state index in [2.05, 4.69) is 5.32 Å². The summed E-state index contributed by atoms with van der Waals surface area (Å²) in [6.45, 7) is 3.45. The van der Waals surface area contributed by atoms with Crippen LogP contribution in [0.1, 0.15) is 20.3 Å². The summed E-state index contributed by atoms with van der Waals surface area (Å²) in [5, 5.41) is 2.41. The first-order chi connectivity index (χ1) is 7.29. The Morgan fingerprint density at radius 2 is 2.19 bits per heavy atom. The van der Waals surface area contributed by atoms with E-state index in [-0.39, 0.29) is 23.0 Å². The highest BCUT2D eigenvalue weighted by Gasteiger charge is 2.17. The summed E-state index contributed by atoms with van der Waals surface area (Å²) in [6, 6.07) is 4.43. The lowest BCUT2D eigenvalue weighted by molar-refractivity contribution is -0.117. The van der Waals surface area contributed by atoms with Crippen LogP contribution in [0.2, 0.25) is 5.02 Å². The van der Waals surface area contributed by atoms with Crippen molar-refractivity contribution in [2.45, 2.75) is 25.8 Å². The molecule has 0 atom stereocenters. The molecule has 1 aromatic rings. The third-order valence-corrected chi connectivity index (χ3v) is 2.13. The maximum Gasteiger partial charge on any atom is 0.226 e. The highest BCUT2D eigenvalue weighted by Crippen LogP contribution is 2.22. The number of nitrogens with two attached hydrogens (primary N) is 1. The molecule has 0 aliphatic heterocycles. The van der Waals surface area contributed by atoms with Crippen LogP contribution in [0, 0.1) is 5.82 Å². The minimum absolute atomic E-state index is 0.0233. The zero-order valence-electron chi connectivity index (χ0n) is 9.18. The van der Waals surface area contributed by atoms with Crippen LogP contribution in [0.5, 0.6) is 0 Å². The second-order valence-electron chi connectivity index (χ2n) is 4.31. The lowest BCUT2D eigenvalue weighted by Gasteiger charge is -2.17. The van der Waals surface area contributed by atoms with Crippen LogP contribution in [0.4, 0.5) is 10.1 Å². The summed E-state index contributed by atoms with van der Waals surface area (Å²) >= 11 is 5.58. The zero-order chi connectivity index (χ0) is 12.3. The van der Waals surface area contributed by atoms with Crippen LogP contribution in [0.25, 0.3) is 0 Å². The second-order valence-corrected chi connectivity index (χ2v) is 4.72. The molecule has 5 heteroatoms. The fraction of sp³-hybridized carbons (Fsp3) is 0.364. The molecule has 0 saturated heterocycles. The molecule has 0 radical (unpaired) electrons. The average Bonchev–Trinajstić information content (AvgIpc) is 2.09. The van der Waals surface area contributed by atoms with Crippen LogP contribution >= 0.6 is 11.6 Å². The van der Waals surface area contributed by atoms with Crippen LogP contribution in [0.15, 0.2) is 18.2 Å². The van der Waals surface area contributed by atoms with E-state index < -0.39 is 11.4 Å². The molecule has 0 unspecified atom stereocenters. The molecule has 0 aliphatic rings. The molecular weight excluding hydrogens is 231 g/mol. The fourth-order valence-electron chi connectivity index (χ4n) is 1.21. The smallest absolute Gasteiger partial charge is 0.226 e. The number of hydrogen-bond donors (Lipinski definition) is 2. The molecule has 0 aromatic heterocycles. The summed E-state index contributed by atoms with van der Waals surface area (Å²) in [5.41, 5.74) is 5.12. The van der Waals surface area contributed by atoms with Crippen molar-refractivity contribution in [1.29, 1.82) is 0 Å². The van der Waals surface area contributed by atoms with Crippen molar-refractivity contribution in [3.63, 3.8) is 0 Å². The summed E-state index contributed by atoms with van der Waals surface area (Å²) in [6.07, 6.45) is 0.110. The van der Waals surface area contributed by atoms with Gasteiger partial charge in [0.15, 0.2) is 5.82 Å². The lowest BCUT2D eigenvalue weighted by Crippen LogP contribution is -2.36. The van der Waals surface area contributed by atoms with Gasteiger partial charge in [0.05, 0.1) is 10.7 Å². The van der Waals surface area contributed by atoms with E-state index in [1.807, 2.05) is 0 Å². The SMILES string of the molecule is CC(C)(N)CC(=O)Nc1cccc(Cl)c1F. The Hall–Kier alpha value is -1.13. The van der Waals surface area contributed by atoms with Gasteiger partial charge in [-0.1, -0.05) is 17.7 Å². The molecule has 0 fully saturated rings. The van der Waals surface area contributed by atoms with Crippen LogP contribution in [0.3, 0.4) is 0 Å². The van der Waals surface area contributed by atoms with Gasteiger partial charge >= 0.3 is 0 Å². The van der Waals surface area contributed by atoms with Gasteiger partial charge in [-0.25, -0.2) is 4.39 Å². The van der Waals surface area contributed by atoms with Gasteiger partial charge in [-0.05, 0) is 26.0 Å². The van der Waals surface area contributed by atoms with Gasteiger partial charge in [0.1, 0.15) is 0 Å². The fourth-order valence-corrected chi connectivity index (χ4v) is 1.38. The van der Waals surface area contributed by atoms with Crippen molar-refractivity contribution < 1.29 is 9.18 Å². The molecule has 1 amide bonds. The van der Waals surface area contributed by atoms with E-state index in [1.165, 1.54) is 12.1 Å². The first-order valence-corrected chi connectivity index (χ1v) is 5.20. The Bertz CT molecular complexity index is 401. The molecule has 3 nitrogen and oxygen atoms in total. The van der Waals surface area contributed by atoms with Gasteiger partial charge in [-0.15, -0.1) is 0 Å². The number of anilines is 1. The first kappa shape index (κ1) is 12.9. The third-order valence-electron chi connectivity index (χ3n) is 1.84. The Morgan fingerprint density at radius 1 is 1.56 bits per heavy atom. The number of halogens is 2. The molecule has 0 bridgehead atoms. The predicted octanol–water partition coefficient (Wildman–Crippen LogP) is 2.54. The summed E-state index contributed by atoms with van der Waals surface area (Å²) in [7, 11) is 0. The summed E-state index contributed by atoms with van der Waals surface area (Å²) in [4.78, 5) is 11.5. The van der Waals surface area contributed by atoms with Crippen molar-refractivity contribution in [1.82, 2.24) is 0 Å². The van der Waals surface area contributed by atoms with Gasteiger partial charge in [0.25, 0.3) is 0 Å². The Kier molecular flexibility index (Phi) is 3.88. The number of amides is 1. The normalized spacial score (nSPS) is 11.3. The van der Waals surface area contributed by atoms with Crippen LogP contribution in [-0.4, -0.2) is 11.4 Å². The maximum atomic E-state index is 13.4. The number of benzene rings is 1. The molecular formula is C11H14ClFN2O. The van der Waals surface area contributed by atoms with Crippen molar-refractivity contribution in [2.75, 3.05) is 5.32 Å². The average molecular weight is 245 g/mol. The predicted molar refractivity (Wildman–Crippen MR) is 62.9 cm³/mol. The van der Waals surface area contributed by atoms with Gasteiger partial charge in [0, 0.05) is 12.0 Å². The molecule has 0 saturated carbocycles. The van der Waals surface area contributed by atoms with E-state index >= 15 is 0 Å². The van der Waals surface area contributed by atoms with Crippen molar-refractivity contribution in [3.05, 3.63) is 29.0 Å². The second kappa shape index (κ2) is 4.80. The van der Waals surface area contributed by atoms with E-state index in [0.29, 0.717) is 0 Å². The van der Waals surface area contributed by atoms with E-state index in [9.17, 15) is 9.18 Å². The number of carbonyl (C=O) groups excluding carboxylic acids is 1. The molecule has 0 spiro atoms. The minimum Gasteiger partial charge on any atom is -0.325 e. The maximum absolute atomic E-state index is 13.4. The van der Waals surface area contributed by atoms with E-state index in [4.69, 9.17) is 17.3 Å². The summed E-state index contributed by atoms with van der Waals surface area (Å²) < 4.78 is 13.4. The molecule has 88 valence electrons. The quantitative estimate of drug-likeness (QED) is 0.859. The molecule has 0 heterocycles. The Labute approximate surface area is 98.8 Å². The van der Waals surface area contributed by atoms with E-state index in [1.54, 1.807) is 19.9 Å². The van der Waals surface area contributed by atoms with E-state index in [0.717, 1.165) is 0 Å². The monoisotopic (exact) mass is 244 g/mol. The molecule has 16 heavy (non-hydrogen) atoms. The van der Waals surface area contributed by atoms with Crippen molar-refractivity contribution in [2.24, 2.45) is 5.73 Å². The van der Waals surface area contributed by atoms with Gasteiger partial charge in [-0.2, -0.15) is 0 Å². The standard InChI is InChI=1S/C11H14ClFN2O/c1-11(2,14)6-9(16)15-8-5-3-4-7(12)10(8)13/h3-5H,6,14H2,1-2H3,(H,15,16). The first-order valence-electron chi connectivity index (χ1n) is 4.82. The molecule has 3 N–H and O–H groups in total. The number of carbonyl (C=O) groups is 1. The lowest BCUT2D eigenvalue weighted by atomic mass is 10.0. The topological polar surface area (TPSA) is 55.1 Å². The van der Waals surface area contributed by atoms with Crippen LogP contribution < -0.4 is 11.1 Å². The number of hydrogen-bond acceptors (Lipinski definition) is 2.